The van der Waals surface area contributed by atoms with Crippen LogP contribution in [-0.2, 0) is 55.8 Å². The predicted molar refractivity (Wildman–Crippen MR) is 178 cm³/mol. The van der Waals surface area contributed by atoms with Gasteiger partial charge >= 0.3 is 5.97 Å². The Labute approximate surface area is 273 Å². The molecule has 4 N–H and O–H groups in total. The van der Waals surface area contributed by atoms with Crippen LogP contribution in [0.4, 0.5) is 0 Å². The maximum absolute atomic E-state index is 13.1. The van der Waals surface area contributed by atoms with E-state index in [4.69, 9.17) is 5.11 Å². The monoisotopic (exact) mass is 725 g/mol. The number of hydrogen-bond donors (Lipinski definition) is 4. The van der Waals surface area contributed by atoms with Crippen molar-refractivity contribution in [2.45, 2.75) is 36.4 Å². The number of sulfonamides is 2. The Balaban J connectivity index is 0.00000153. The van der Waals surface area contributed by atoms with Crippen molar-refractivity contribution in [2.24, 2.45) is 0 Å². The molecular weight excluding hydrogens is 687 g/mol. The molecule has 0 heterocycles. The Morgan fingerprint density at radius 3 is 1.31 bits per heavy atom. The Hall–Kier alpha value is -2.32. The van der Waals surface area contributed by atoms with Crippen molar-refractivity contribution in [2.75, 3.05) is 37.6 Å². The molecule has 13 nitrogen and oxygen atoms in total. The maximum atomic E-state index is 13.1. The van der Waals surface area contributed by atoms with E-state index >= 15 is 0 Å². The van der Waals surface area contributed by atoms with Gasteiger partial charge in [-0.05, 0) is 55.0 Å². The lowest BCUT2D eigenvalue weighted by molar-refractivity contribution is -0.135. The van der Waals surface area contributed by atoms with E-state index < -0.39 is 69.7 Å². The normalized spacial score (nSPS) is 13.2. The van der Waals surface area contributed by atoms with Crippen LogP contribution in [0.1, 0.15) is 24.0 Å². The lowest BCUT2D eigenvalue weighted by Gasteiger charge is -2.20. The minimum absolute atomic E-state index is 0.0417. The summed E-state index contributed by atoms with van der Waals surface area (Å²) in [6.07, 6.45) is 3.02. The van der Waals surface area contributed by atoms with Crippen molar-refractivity contribution in [1.82, 2.24) is 14.8 Å². The summed E-state index contributed by atoms with van der Waals surface area (Å²) < 4.78 is 81.6. The number of carboxylic acid groups (broad SMARTS) is 1. The average molecular weight is 726 g/mol. The number of carboxylic acids is 1. The van der Waals surface area contributed by atoms with E-state index in [0.717, 1.165) is 0 Å². The molecule has 0 aromatic heterocycles. The van der Waals surface area contributed by atoms with Gasteiger partial charge in [0.25, 0.3) is 20.1 Å². The number of thioether (sulfide) groups is 2. The van der Waals surface area contributed by atoms with Gasteiger partial charge < -0.3 is 10.4 Å². The summed E-state index contributed by atoms with van der Waals surface area (Å²) in [5.41, 5.74) is 0.843. The first kappa shape index (κ1) is 40.7. The van der Waals surface area contributed by atoms with E-state index in [-0.39, 0.29) is 30.9 Å². The second kappa shape index (κ2) is 20.0. The van der Waals surface area contributed by atoms with Crippen LogP contribution in [0, 0.1) is 0 Å². The number of sulfone groups is 1. The van der Waals surface area contributed by atoms with Crippen molar-refractivity contribution in [1.29, 1.82) is 0 Å². The molecule has 0 bridgehead atoms. The van der Waals surface area contributed by atoms with Crippen LogP contribution in [0.5, 0.6) is 0 Å². The van der Waals surface area contributed by atoms with E-state index in [1.807, 2.05) is 0 Å². The molecule has 0 aliphatic rings. The number of hydrogen-bond acceptors (Lipinski definition) is 12. The molecule has 0 aliphatic carbocycles. The SMILES string of the molecule is CNCC(=O)O.CSCC[C@@H](NS(=O)(=O)Cc1ccccc1)C(=O)S(=O)(=O)C(=O)[C@@H](CCSC)NS(=O)(=O)Cc1ccccc1. The summed E-state index contributed by atoms with van der Waals surface area (Å²) >= 11 is 2.52. The molecule has 0 radical (unpaired) electrons. The van der Waals surface area contributed by atoms with Gasteiger partial charge in [0.15, 0.2) is 0 Å². The lowest BCUT2D eigenvalue weighted by atomic mass is 10.2. The number of nitrogens with one attached hydrogen (secondary N) is 3. The van der Waals surface area contributed by atoms with Gasteiger partial charge in [-0.1, -0.05) is 60.7 Å². The summed E-state index contributed by atoms with van der Waals surface area (Å²) in [5.74, 6) is -1.36. The summed E-state index contributed by atoms with van der Waals surface area (Å²) in [6.45, 7) is 0.0417. The number of rotatable bonds is 18. The van der Waals surface area contributed by atoms with E-state index in [0.29, 0.717) is 11.1 Å². The number of aliphatic carboxylic acids is 1. The van der Waals surface area contributed by atoms with E-state index in [2.05, 4.69) is 14.8 Å². The molecular formula is C27H39N3O10S5. The second-order valence-corrected chi connectivity index (χ2v) is 16.7. The number of benzene rings is 2. The number of likely N-dealkylation sites (N-methyl/N-ethyl adjacent to an activating group) is 1. The Morgan fingerprint density at radius 2 is 1.04 bits per heavy atom. The first-order valence-corrected chi connectivity index (χ1v) is 20.9. The van der Waals surface area contributed by atoms with Gasteiger partial charge in [-0.15, -0.1) is 0 Å². The second-order valence-electron chi connectivity index (χ2n) is 9.46. The molecule has 2 aromatic rings. The third-order valence-corrected chi connectivity index (χ3v) is 11.3. The zero-order valence-corrected chi connectivity index (χ0v) is 29.1. The predicted octanol–water partition coefficient (Wildman–Crippen LogP) is 1.23. The quantitative estimate of drug-likeness (QED) is 0.171. The van der Waals surface area contributed by atoms with Gasteiger partial charge in [0, 0.05) is 0 Å². The van der Waals surface area contributed by atoms with Crippen LogP contribution >= 0.6 is 23.5 Å². The molecule has 0 amide bonds. The van der Waals surface area contributed by atoms with Crippen LogP contribution in [0.2, 0.25) is 0 Å². The highest BCUT2D eigenvalue weighted by Gasteiger charge is 2.42. The van der Waals surface area contributed by atoms with E-state index in [1.165, 1.54) is 23.5 Å². The first-order chi connectivity index (χ1) is 21.1. The van der Waals surface area contributed by atoms with Crippen LogP contribution in [0.25, 0.3) is 0 Å². The van der Waals surface area contributed by atoms with Crippen LogP contribution in [0.3, 0.4) is 0 Å². The Kier molecular flexibility index (Phi) is 18.1. The van der Waals surface area contributed by atoms with E-state index in [1.54, 1.807) is 80.2 Å². The zero-order chi connectivity index (χ0) is 34.1. The van der Waals surface area contributed by atoms with Crippen LogP contribution < -0.4 is 14.8 Å². The fourth-order valence-electron chi connectivity index (χ4n) is 3.65. The third kappa shape index (κ3) is 15.7. The van der Waals surface area contributed by atoms with Gasteiger partial charge in [-0.2, -0.15) is 23.5 Å². The molecule has 0 unspecified atom stereocenters. The highest BCUT2D eigenvalue weighted by atomic mass is 32.2. The van der Waals surface area contributed by atoms with Crippen molar-refractivity contribution in [3.8, 4) is 0 Å². The molecule has 0 saturated heterocycles. The standard InChI is InChI=1S/C24H32N2O8S5.C3H7NO2/c1-35-15-13-21(25-37(29,30)17-19-9-5-3-6-10-19)23(27)39(33,34)24(28)22(14-16-36-2)26-38(31,32)18-20-11-7-4-8-12-20;1-4-2-3(5)6/h3-12,21-22,25-26H,13-18H2,1-2H3;4H,2H2,1H3,(H,5,6)/t21-,22-;/m1./s1. The Bertz CT molecular complexity index is 1450. The molecule has 2 aromatic carbocycles. The Morgan fingerprint density at radius 1 is 0.689 bits per heavy atom. The molecule has 2 rings (SSSR count). The first-order valence-electron chi connectivity index (χ1n) is 13.3. The topological polar surface area (TPSA) is 210 Å². The molecule has 0 aliphatic heterocycles. The molecule has 0 spiro atoms. The van der Waals surface area contributed by atoms with Crippen molar-refractivity contribution < 1.29 is 44.7 Å². The minimum atomic E-state index is -5.24. The third-order valence-electron chi connectivity index (χ3n) is 5.69. The van der Waals surface area contributed by atoms with Crippen molar-refractivity contribution >= 4 is 69.6 Å². The lowest BCUT2D eigenvalue weighted by Crippen LogP contribution is -2.51. The van der Waals surface area contributed by atoms with Crippen LogP contribution in [-0.4, -0.2) is 96.3 Å². The smallest absolute Gasteiger partial charge is 0.317 e. The van der Waals surface area contributed by atoms with Crippen molar-refractivity contribution in [3.05, 3.63) is 71.8 Å². The van der Waals surface area contributed by atoms with Crippen LogP contribution in [0.15, 0.2) is 60.7 Å². The summed E-state index contributed by atoms with van der Waals surface area (Å²) in [7, 11) is -12.0. The largest absolute Gasteiger partial charge is 0.480 e. The maximum Gasteiger partial charge on any atom is 0.317 e. The number of carbonyl (C=O) groups is 3. The summed E-state index contributed by atoms with van der Waals surface area (Å²) in [5, 5.41) is 7.09. The van der Waals surface area contributed by atoms with Gasteiger partial charge in [0.05, 0.1) is 30.1 Å². The van der Waals surface area contributed by atoms with E-state index in [9.17, 15) is 39.6 Å². The molecule has 2 atom stereocenters. The van der Waals surface area contributed by atoms with Crippen molar-refractivity contribution in [3.63, 3.8) is 0 Å². The molecule has 252 valence electrons. The molecule has 0 saturated carbocycles. The summed E-state index contributed by atoms with van der Waals surface area (Å²) in [4.78, 5) is 35.8. The fourth-order valence-corrected chi connectivity index (χ4v) is 8.79. The highest BCUT2D eigenvalue weighted by molar-refractivity contribution is 8.19. The van der Waals surface area contributed by atoms with Gasteiger partial charge in [-0.25, -0.2) is 34.7 Å². The number of carbonyl (C=O) groups excluding carboxylic acids is 2. The summed E-state index contributed by atoms with van der Waals surface area (Å²) in [6, 6.07) is 12.8. The molecule has 0 fully saturated rings. The van der Waals surface area contributed by atoms with Gasteiger partial charge in [0.2, 0.25) is 20.0 Å². The molecule has 18 heteroatoms. The van der Waals surface area contributed by atoms with Gasteiger partial charge in [-0.3, -0.25) is 14.4 Å². The minimum Gasteiger partial charge on any atom is -0.480 e. The van der Waals surface area contributed by atoms with Gasteiger partial charge in [0.1, 0.15) is 0 Å². The highest BCUT2D eigenvalue weighted by Crippen LogP contribution is 2.15. The fraction of sp³-hybridized carbons (Fsp3) is 0.444. The zero-order valence-electron chi connectivity index (χ0n) is 25.0. The average Bonchev–Trinajstić information content (AvgIpc) is 2.97. The molecule has 45 heavy (non-hydrogen) atoms.